The Hall–Kier alpha value is -2.17. The van der Waals surface area contributed by atoms with E-state index >= 15 is 0 Å². The SMILES string of the molecule is CCn1cccc(NCc2cnc(C(C)(C)C)nc2)c1=O. The Morgan fingerprint density at radius 1 is 1.24 bits per heavy atom. The average Bonchev–Trinajstić information content (AvgIpc) is 2.46. The van der Waals surface area contributed by atoms with Gasteiger partial charge in [0.05, 0.1) is 0 Å². The first-order chi connectivity index (χ1) is 9.91. The van der Waals surface area contributed by atoms with Crippen molar-refractivity contribution in [3.63, 3.8) is 0 Å². The number of hydrogen-bond acceptors (Lipinski definition) is 4. The Kier molecular flexibility index (Phi) is 4.40. The van der Waals surface area contributed by atoms with Crippen molar-refractivity contribution < 1.29 is 0 Å². The fourth-order valence-corrected chi connectivity index (χ4v) is 1.95. The van der Waals surface area contributed by atoms with Crippen molar-refractivity contribution in [2.45, 2.75) is 46.2 Å². The molecule has 0 aliphatic carbocycles. The smallest absolute Gasteiger partial charge is 0.273 e. The maximum atomic E-state index is 12.1. The number of rotatable bonds is 4. The van der Waals surface area contributed by atoms with Crippen molar-refractivity contribution in [1.82, 2.24) is 14.5 Å². The highest BCUT2D eigenvalue weighted by Crippen LogP contribution is 2.17. The summed E-state index contributed by atoms with van der Waals surface area (Å²) in [5.41, 5.74) is 1.49. The molecule has 2 rings (SSSR count). The summed E-state index contributed by atoms with van der Waals surface area (Å²) in [6, 6.07) is 3.66. The molecular weight excluding hydrogens is 264 g/mol. The number of aryl methyl sites for hydroxylation is 1. The fraction of sp³-hybridized carbons (Fsp3) is 0.438. The standard InChI is InChI=1S/C16H22N4O/c1-5-20-8-6-7-13(14(20)21)17-9-12-10-18-15(19-11-12)16(2,3)4/h6-8,10-11,17H,5,9H2,1-4H3. The molecule has 2 aromatic rings. The van der Waals surface area contributed by atoms with Gasteiger partial charge >= 0.3 is 0 Å². The van der Waals surface area contributed by atoms with E-state index in [4.69, 9.17) is 0 Å². The topological polar surface area (TPSA) is 59.8 Å². The van der Waals surface area contributed by atoms with Crippen molar-refractivity contribution in [1.29, 1.82) is 0 Å². The zero-order chi connectivity index (χ0) is 15.5. The van der Waals surface area contributed by atoms with Crippen LogP contribution in [-0.4, -0.2) is 14.5 Å². The second kappa shape index (κ2) is 6.08. The molecule has 1 N–H and O–H groups in total. The lowest BCUT2D eigenvalue weighted by Crippen LogP contribution is -2.22. The van der Waals surface area contributed by atoms with Gasteiger partial charge in [-0.25, -0.2) is 9.97 Å². The first kappa shape index (κ1) is 15.2. The van der Waals surface area contributed by atoms with Crippen LogP contribution < -0.4 is 10.9 Å². The van der Waals surface area contributed by atoms with E-state index in [9.17, 15) is 4.79 Å². The monoisotopic (exact) mass is 286 g/mol. The molecule has 21 heavy (non-hydrogen) atoms. The summed E-state index contributed by atoms with van der Waals surface area (Å²) in [5, 5.41) is 3.15. The fourth-order valence-electron chi connectivity index (χ4n) is 1.95. The van der Waals surface area contributed by atoms with Gasteiger partial charge in [-0.05, 0) is 19.1 Å². The minimum atomic E-state index is -0.0553. The summed E-state index contributed by atoms with van der Waals surface area (Å²) >= 11 is 0. The van der Waals surface area contributed by atoms with Gasteiger partial charge in [-0.2, -0.15) is 0 Å². The summed E-state index contributed by atoms with van der Waals surface area (Å²) in [6.07, 6.45) is 5.40. The number of aromatic nitrogens is 3. The van der Waals surface area contributed by atoms with Crippen LogP contribution in [0.5, 0.6) is 0 Å². The largest absolute Gasteiger partial charge is 0.376 e. The predicted molar refractivity (Wildman–Crippen MR) is 84.4 cm³/mol. The molecule has 2 heterocycles. The van der Waals surface area contributed by atoms with Crippen LogP contribution in [-0.2, 0) is 18.5 Å². The Balaban J connectivity index is 2.09. The van der Waals surface area contributed by atoms with Crippen molar-refractivity contribution in [3.05, 3.63) is 52.5 Å². The number of pyridine rings is 1. The first-order valence-corrected chi connectivity index (χ1v) is 7.16. The number of nitrogens with zero attached hydrogens (tertiary/aromatic N) is 3. The molecule has 0 aliphatic heterocycles. The molecule has 0 aromatic carbocycles. The lowest BCUT2D eigenvalue weighted by atomic mass is 9.96. The van der Waals surface area contributed by atoms with E-state index in [2.05, 4.69) is 36.1 Å². The van der Waals surface area contributed by atoms with Crippen molar-refractivity contribution in [2.24, 2.45) is 0 Å². The highest BCUT2D eigenvalue weighted by molar-refractivity contribution is 5.40. The molecule has 112 valence electrons. The third kappa shape index (κ3) is 3.68. The second-order valence-electron chi connectivity index (χ2n) is 6.03. The van der Waals surface area contributed by atoms with E-state index in [0.717, 1.165) is 11.4 Å². The van der Waals surface area contributed by atoms with E-state index in [1.165, 1.54) is 0 Å². The average molecular weight is 286 g/mol. The van der Waals surface area contributed by atoms with Crippen molar-refractivity contribution in [2.75, 3.05) is 5.32 Å². The molecule has 0 atom stereocenters. The van der Waals surface area contributed by atoms with Gasteiger partial charge in [-0.15, -0.1) is 0 Å². The summed E-state index contributed by atoms with van der Waals surface area (Å²) in [5.74, 6) is 0.819. The van der Waals surface area contributed by atoms with E-state index in [1.807, 2.05) is 25.4 Å². The Morgan fingerprint density at radius 2 is 1.90 bits per heavy atom. The van der Waals surface area contributed by atoms with E-state index in [1.54, 1.807) is 16.8 Å². The molecule has 0 bridgehead atoms. The minimum Gasteiger partial charge on any atom is -0.376 e. The summed E-state index contributed by atoms with van der Waals surface area (Å²) < 4.78 is 1.67. The van der Waals surface area contributed by atoms with E-state index < -0.39 is 0 Å². The summed E-state index contributed by atoms with van der Waals surface area (Å²) in [4.78, 5) is 20.8. The molecule has 0 amide bonds. The lowest BCUT2D eigenvalue weighted by Gasteiger charge is -2.16. The van der Waals surface area contributed by atoms with Crippen LogP contribution in [0.4, 0.5) is 5.69 Å². The van der Waals surface area contributed by atoms with Gasteiger partial charge in [-0.3, -0.25) is 4.79 Å². The molecule has 0 radical (unpaired) electrons. The van der Waals surface area contributed by atoms with Crippen LogP contribution in [0, 0.1) is 0 Å². The van der Waals surface area contributed by atoms with Gasteiger partial charge in [0, 0.05) is 42.7 Å². The molecule has 0 fully saturated rings. The van der Waals surface area contributed by atoms with Crippen molar-refractivity contribution in [3.8, 4) is 0 Å². The zero-order valence-corrected chi connectivity index (χ0v) is 13.1. The predicted octanol–water partition coefficient (Wildman–Crippen LogP) is 2.57. The van der Waals surface area contributed by atoms with Gasteiger partial charge in [-0.1, -0.05) is 20.8 Å². The zero-order valence-electron chi connectivity index (χ0n) is 13.1. The highest BCUT2D eigenvalue weighted by Gasteiger charge is 2.16. The number of hydrogen-bond donors (Lipinski definition) is 1. The van der Waals surface area contributed by atoms with E-state index in [-0.39, 0.29) is 11.0 Å². The molecular formula is C16H22N4O. The normalized spacial score (nSPS) is 11.4. The second-order valence-corrected chi connectivity index (χ2v) is 6.03. The quantitative estimate of drug-likeness (QED) is 0.938. The summed E-state index contributed by atoms with van der Waals surface area (Å²) in [6.45, 7) is 9.39. The minimum absolute atomic E-state index is 0.00719. The molecule has 2 aromatic heterocycles. The van der Waals surface area contributed by atoms with Gasteiger partial charge in [0.25, 0.3) is 5.56 Å². The van der Waals surface area contributed by atoms with Crippen LogP contribution in [0.2, 0.25) is 0 Å². The molecule has 5 heteroatoms. The van der Waals surface area contributed by atoms with Gasteiger partial charge in [0.15, 0.2) is 0 Å². The first-order valence-electron chi connectivity index (χ1n) is 7.16. The van der Waals surface area contributed by atoms with Crippen LogP contribution in [0.1, 0.15) is 39.1 Å². The van der Waals surface area contributed by atoms with E-state index in [0.29, 0.717) is 18.8 Å². The van der Waals surface area contributed by atoms with Gasteiger partial charge in [0.2, 0.25) is 0 Å². The molecule has 0 saturated carbocycles. The maximum absolute atomic E-state index is 12.1. The van der Waals surface area contributed by atoms with Crippen molar-refractivity contribution >= 4 is 5.69 Å². The molecule has 0 spiro atoms. The molecule has 0 aliphatic rings. The Morgan fingerprint density at radius 3 is 2.48 bits per heavy atom. The Bertz CT molecular complexity index is 653. The number of nitrogens with one attached hydrogen (secondary N) is 1. The molecule has 0 saturated heterocycles. The van der Waals surface area contributed by atoms with Crippen LogP contribution in [0.15, 0.2) is 35.5 Å². The van der Waals surface area contributed by atoms with Crippen LogP contribution in [0.3, 0.4) is 0 Å². The number of anilines is 1. The molecule has 5 nitrogen and oxygen atoms in total. The molecule has 0 unspecified atom stereocenters. The third-order valence-electron chi connectivity index (χ3n) is 3.22. The third-order valence-corrected chi connectivity index (χ3v) is 3.22. The summed E-state index contributed by atoms with van der Waals surface area (Å²) in [7, 11) is 0. The van der Waals surface area contributed by atoms with Crippen LogP contribution in [0.25, 0.3) is 0 Å². The highest BCUT2D eigenvalue weighted by atomic mass is 16.1. The van der Waals surface area contributed by atoms with Gasteiger partial charge < -0.3 is 9.88 Å². The maximum Gasteiger partial charge on any atom is 0.273 e. The van der Waals surface area contributed by atoms with Crippen LogP contribution >= 0.6 is 0 Å². The lowest BCUT2D eigenvalue weighted by molar-refractivity contribution is 0.544. The van der Waals surface area contributed by atoms with Gasteiger partial charge in [0.1, 0.15) is 11.5 Å². The Labute approximate surface area is 125 Å².